The van der Waals surface area contributed by atoms with Gasteiger partial charge in [-0.15, -0.1) is 11.6 Å². The third kappa shape index (κ3) is 2.87. The molecule has 1 atom stereocenters. The number of alkyl halides is 1. The Balaban J connectivity index is 3.07. The topological polar surface area (TPSA) is 77.8 Å². The number of phenols is 1. The van der Waals surface area contributed by atoms with Gasteiger partial charge < -0.3 is 15.3 Å². The van der Waals surface area contributed by atoms with E-state index in [0.29, 0.717) is 24.3 Å². The number of aromatic hydroxyl groups is 1. The van der Waals surface area contributed by atoms with Crippen LogP contribution in [-0.2, 0) is 11.2 Å². The average Bonchev–Trinajstić information content (AvgIpc) is 2.25. The Morgan fingerprint density at radius 1 is 1.44 bits per heavy atom. The number of aliphatic hydroxyl groups is 1. The highest BCUT2D eigenvalue weighted by Crippen LogP contribution is 2.29. The Labute approximate surface area is 98.1 Å². The first-order valence-corrected chi connectivity index (χ1v) is 5.39. The van der Waals surface area contributed by atoms with E-state index in [0.717, 1.165) is 0 Å². The van der Waals surface area contributed by atoms with Gasteiger partial charge in [-0.1, -0.05) is 12.1 Å². The normalized spacial score (nSPS) is 12.4. The van der Waals surface area contributed by atoms with Gasteiger partial charge in [0.25, 0.3) is 0 Å². The highest BCUT2D eigenvalue weighted by atomic mass is 35.5. The van der Waals surface area contributed by atoms with Gasteiger partial charge in [0.15, 0.2) is 6.10 Å². The van der Waals surface area contributed by atoms with E-state index in [4.69, 9.17) is 16.7 Å². The van der Waals surface area contributed by atoms with Crippen LogP contribution in [0, 0.1) is 0 Å². The number of aryl methyl sites for hydroxylation is 1. The Morgan fingerprint density at radius 2 is 2.12 bits per heavy atom. The van der Waals surface area contributed by atoms with E-state index in [1.807, 2.05) is 0 Å². The summed E-state index contributed by atoms with van der Waals surface area (Å²) >= 11 is 5.54. The van der Waals surface area contributed by atoms with Crippen molar-refractivity contribution in [1.82, 2.24) is 0 Å². The summed E-state index contributed by atoms with van der Waals surface area (Å²) in [5.74, 6) is -1.14. The molecule has 88 valence electrons. The molecule has 0 fully saturated rings. The van der Waals surface area contributed by atoms with Gasteiger partial charge in [0.2, 0.25) is 0 Å². The second-order valence-electron chi connectivity index (χ2n) is 3.38. The zero-order chi connectivity index (χ0) is 12.1. The number of benzene rings is 1. The molecule has 3 N–H and O–H groups in total. The summed E-state index contributed by atoms with van der Waals surface area (Å²) in [7, 11) is 0. The molecule has 1 rings (SSSR count). The largest absolute Gasteiger partial charge is 0.508 e. The number of carboxylic acids is 1. The maximum atomic E-state index is 10.7. The van der Waals surface area contributed by atoms with Crippen LogP contribution in [-0.4, -0.2) is 27.2 Å². The number of hydrogen-bond acceptors (Lipinski definition) is 3. The van der Waals surface area contributed by atoms with E-state index in [1.165, 1.54) is 6.07 Å². The van der Waals surface area contributed by atoms with Crippen LogP contribution >= 0.6 is 11.6 Å². The van der Waals surface area contributed by atoms with Crippen LogP contribution in [0.3, 0.4) is 0 Å². The maximum absolute atomic E-state index is 10.7. The van der Waals surface area contributed by atoms with Gasteiger partial charge in [0.05, 0.1) is 0 Å². The van der Waals surface area contributed by atoms with Crippen molar-refractivity contribution < 1.29 is 20.1 Å². The van der Waals surface area contributed by atoms with E-state index in [-0.39, 0.29) is 11.3 Å². The fourth-order valence-corrected chi connectivity index (χ4v) is 1.65. The minimum absolute atomic E-state index is 0.0557. The average molecular weight is 245 g/mol. The van der Waals surface area contributed by atoms with Crippen molar-refractivity contribution in [3.63, 3.8) is 0 Å². The number of hydrogen-bond donors (Lipinski definition) is 3. The highest BCUT2D eigenvalue weighted by Gasteiger charge is 2.22. The summed E-state index contributed by atoms with van der Waals surface area (Å²) < 4.78 is 0. The lowest BCUT2D eigenvalue weighted by molar-refractivity contribution is -0.147. The lowest BCUT2D eigenvalue weighted by atomic mass is 9.98. The molecule has 1 aromatic rings. The molecule has 0 amide bonds. The lowest BCUT2D eigenvalue weighted by Gasteiger charge is -2.13. The minimum atomic E-state index is -1.70. The Kier molecular flexibility index (Phi) is 4.58. The van der Waals surface area contributed by atoms with E-state index >= 15 is 0 Å². The summed E-state index contributed by atoms with van der Waals surface area (Å²) in [4.78, 5) is 10.7. The van der Waals surface area contributed by atoms with Gasteiger partial charge in [-0.25, -0.2) is 4.79 Å². The first kappa shape index (κ1) is 12.8. The van der Waals surface area contributed by atoms with Gasteiger partial charge in [0, 0.05) is 11.4 Å². The van der Waals surface area contributed by atoms with E-state index < -0.39 is 12.1 Å². The zero-order valence-corrected chi connectivity index (χ0v) is 9.31. The number of rotatable bonds is 5. The van der Waals surface area contributed by atoms with Gasteiger partial charge in [0.1, 0.15) is 5.75 Å². The summed E-state index contributed by atoms with van der Waals surface area (Å²) in [5.41, 5.74) is 0.663. The predicted molar refractivity (Wildman–Crippen MR) is 59.7 cm³/mol. The number of aliphatic carboxylic acids is 1. The summed E-state index contributed by atoms with van der Waals surface area (Å²) in [6.07, 6.45) is -0.520. The molecule has 4 nitrogen and oxygen atoms in total. The first-order chi connectivity index (χ1) is 7.57. The van der Waals surface area contributed by atoms with E-state index in [9.17, 15) is 15.0 Å². The van der Waals surface area contributed by atoms with Crippen LogP contribution in [0.1, 0.15) is 23.7 Å². The molecular weight excluding hydrogens is 232 g/mol. The van der Waals surface area contributed by atoms with Crippen molar-refractivity contribution >= 4 is 17.6 Å². The predicted octanol–water partition coefficient (Wildman–Crippen LogP) is 1.68. The standard InChI is InChI=1S/C11H13ClO4/c12-6-2-4-7-3-1-5-8(13)9(7)10(14)11(15)16/h1,3,5,10,13-14H,2,4,6H2,(H,15,16). The fourth-order valence-electron chi connectivity index (χ4n) is 1.51. The monoisotopic (exact) mass is 244 g/mol. The third-order valence-corrected chi connectivity index (χ3v) is 2.53. The molecule has 5 heteroatoms. The zero-order valence-electron chi connectivity index (χ0n) is 8.56. The molecule has 0 saturated heterocycles. The maximum Gasteiger partial charge on any atom is 0.337 e. The van der Waals surface area contributed by atoms with E-state index in [2.05, 4.69) is 0 Å². The summed E-state index contributed by atoms with van der Waals surface area (Å²) in [6.45, 7) is 0. The van der Waals surface area contributed by atoms with Crippen molar-refractivity contribution in [1.29, 1.82) is 0 Å². The van der Waals surface area contributed by atoms with Crippen molar-refractivity contribution in [3.05, 3.63) is 29.3 Å². The molecule has 0 aromatic heterocycles. The van der Waals surface area contributed by atoms with Gasteiger partial charge >= 0.3 is 5.97 Å². The fraction of sp³-hybridized carbons (Fsp3) is 0.364. The van der Waals surface area contributed by atoms with Crippen LogP contribution in [0.15, 0.2) is 18.2 Å². The molecule has 0 aliphatic carbocycles. The van der Waals surface area contributed by atoms with E-state index in [1.54, 1.807) is 12.1 Å². The van der Waals surface area contributed by atoms with Crippen LogP contribution in [0.4, 0.5) is 0 Å². The van der Waals surface area contributed by atoms with Gasteiger partial charge in [-0.3, -0.25) is 0 Å². The van der Waals surface area contributed by atoms with Crippen LogP contribution in [0.2, 0.25) is 0 Å². The molecule has 0 bridgehead atoms. The van der Waals surface area contributed by atoms with Crippen LogP contribution in [0.5, 0.6) is 5.75 Å². The Hall–Kier alpha value is -1.26. The molecular formula is C11H13ClO4. The summed E-state index contributed by atoms with van der Waals surface area (Å²) in [6, 6.07) is 4.64. The molecule has 0 spiro atoms. The van der Waals surface area contributed by atoms with Crippen LogP contribution < -0.4 is 0 Å². The van der Waals surface area contributed by atoms with Gasteiger partial charge in [-0.2, -0.15) is 0 Å². The quantitative estimate of drug-likeness (QED) is 0.689. The molecule has 1 unspecified atom stereocenters. The van der Waals surface area contributed by atoms with Crippen molar-refractivity contribution in [2.24, 2.45) is 0 Å². The van der Waals surface area contributed by atoms with Crippen LogP contribution in [0.25, 0.3) is 0 Å². The Morgan fingerprint density at radius 3 is 2.69 bits per heavy atom. The third-order valence-electron chi connectivity index (χ3n) is 2.26. The van der Waals surface area contributed by atoms with Crippen molar-refractivity contribution in [3.8, 4) is 5.75 Å². The molecule has 16 heavy (non-hydrogen) atoms. The highest BCUT2D eigenvalue weighted by molar-refractivity contribution is 6.17. The number of phenolic OH excluding ortho intramolecular Hbond substituents is 1. The molecule has 0 aliphatic heterocycles. The first-order valence-electron chi connectivity index (χ1n) is 4.85. The SMILES string of the molecule is O=C(O)C(O)c1c(O)cccc1CCCCl. The Bertz CT molecular complexity index is 378. The molecule has 0 radical (unpaired) electrons. The second kappa shape index (κ2) is 5.72. The molecule has 0 saturated carbocycles. The van der Waals surface area contributed by atoms with Crippen molar-refractivity contribution in [2.75, 3.05) is 5.88 Å². The minimum Gasteiger partial charge on any atom is -0.508 e. The molecule has 0 heterocycles. The summed E-state index contributed by atoms with van der Waals surface area (Å²) in [5, 5.41) is 27.7. The molecule has 1 aromatic carbocycles. The molecule has 0 aliphatic rings. The number of aliphatic hydroxyl groups excluding tert-OH is 1. The lowest BCUT2D eigenvalue weighted by Crippen LogP contribution is -2.13. The van der Waals surface area contributed by atoms with Gasteiger partial charge in [-0.05, 0) is 24.5 Å². The number of carboxylic acid groups (broad SMARTS) is 1. The number of carbonyl (C=O) groups is 1. The second-order valence-corrected chi connectivity index (χ2v) is 3.76. The number of halogens is 1. The van der Waals surface area contributed by atoms with Crippen molar-refractivity contribution in [2.45, 2.75) is 18.9 Å². The smallest absolute Gasteiger partial charge is 0.337 e.